The number of anilines is 1. The summed E-state index contributed by atoms with van der Waals surface area (Å²) in [6, 6.07) is 14.6. The minimum absolute atomic E-state index is 0.00331. The number of carbonyl (C=O) groups is 1. The van der Waals surface area contributed by atoms with Gasteiger partial charge in [-0.25, -0.2) is 0 Å². The predicted octanol–water partition coefficient (Wildman–Crippen LogP) is 5.06. The van der Waals surface area contributed by atoms with Gasteiger partial charge in [0.2, 0.25) is 5.91 Å². The van der Waals surface area contributed by atoms with Crippen LogP contribution in [-0.2, 0) is 4.79 Å². The van der Waals surface area contributed by atoms with Gasteiger partial charge in [0.25, 0.3) is 0 Å². The van der Waals surface area contributed by atoms with E-state index in [0.29, 0.717) is 0 Å². The lowest BCUT2D eigenvalue weighted by Gasteiger charge is -2.18. The van der Waals surface area contributed by atoms with Crippen LogP contribution in [-0.4, -0.2) is 49.1 Å². The van der Waals surface area contributed by atoms with Crippen molar-refractivity contribution in [2.24, 2.45) is 0 Å². The predicted molar refractivity (Wildman–Crippen MR) is 127 cm³/mol. The van der Waals surface area contributed by atoms with E-state index < -0.39 is 0 Å². The summed E-state index contributed by atoms with van der Waals surface area (Å²) in [7, 11) is 1.78. The lowest BCUT2D eigenvalue weighted by atomic mass is 10.0. The molecule has 5 heteroatoms. The first-order valence-electron chi connectivity index (χ1n) is 11.1. The molecule has 4 rings (SSSR count). The Balaban J connectivity index is 1.46. The first kappa shape index (κ1) is 21.3. The van der Waals surface area contributed by atoms with E-state index in [-0.39, 0.29) is 5.91 Å². The summed E-state index contributed by atoms with van der Waals surface area (Å²) in [5.41, 5.74) is 5.09. The standard InChI is InChI=1S/C26H31N3O2/c1-19-24-17-22(9-12-25(24)27-18-26(19)28(3)20(2)30)21-7-10-23(11-8-21)31-16-6-15-29-13-4-5-14-29/h7-12,17-18H,4-6,13-16H2,1-3H3. The molecule has 2 aromatic carbocycles. The number of likely N-dealkylation sites (tertiary alicyclic amines) is 1. The number of amides is 1. The van der Waals surface area contributed by atoms with Gasteiger partial charge >= 0.3 is 0 Å². The van der Waals surface area contributed by atoms with Crippen LogP contribution < -0.4 is 9.64 Å². The summed E-state index contributed by atoms with van der Waals surface area (Å²) in [5.74, 6) is 0.908. The number of pyridine rings is 1. The molecule has 0 aliphatic carbocycles. The monoisotopic (exact) mass is 417 g/mol. The summed E-state index contributed by atoms with van der Waals surface area (Å²) < 4.78 is 5.94. The van der Waals surface area contributed by atoms with E-state index in [2.05, 4.69) is 34.1 Å². The van der Waals surface area contributed by atoms with Crippen LogP contribution >= 0.6 is 0 Å². The van der Waals surface area contributed by atoms with Crippen LogP contribution in [0.2, 0.25) is 0 Å². The van der Waals surface area contributed by atoms with Gasteiger partial charge < -0.3 is 14.5 Å². The highest BCUT2D eigenvalue weighted by Crippen LogP contribution is 2.30. The van der Waals surface area contributed by atoms with Gasteiger partial charge in [0.15, 0.2) is 0 Å². The molecule has 3 aromatic rings. The second kappa shape index (κ2) is 9.48. The number of carbonyl (C=O) groups excluding carboxylic acids is 1. The maximum atomic E-state index is 11.8. The molecule has 0 spiro atoms. The number of ether oxygens (including phenoxy) is 1. The normalized spacial score (nSPS) is 14.2. The molecule has 31 heavy (non-hydrogen) atoms. The van der Waals surface area contributed by atoms with E-state index in [1.807, 2.05) is 25.1 Å². The quantitative estimate of drug-likeness (QED) is 0.504. The Morgan fingerprint density at radius 3 is 2.52 bits per heavy atom. The van der Waals surface area contributed by atoms with E-state index in [1.54, 1.807) is 25.1 Å². The second-order valence-corrected chi connectivity index (χ2v) is 8.35. The van der Waals surface area contributed by atoms with Crippen LogP contribution in [0.1, 0.15) is 31.7 Å². The summed E-state index contributed by atoms with van der Waals surface area (Å²) >= 11 is 0. The van der Waals surface area contributed by atoms with Gasteiger partial charge in [0, 0.05) is 25.9 Å². The zero-order chi connectivity index (χ0) is 21.8. The molecule has 1 aromatic heterocycles. The molecule has 1 aliphatic heterocycles. The van der Waals surface area contributed by atoms with Crippen molar-refractivity contribution in [1.29, 1.82) is 0 Å². The number of hydrogen-bond acceptors (Lipinski definition) is 4. The van der Waals surface area contributed by atoms with E-state index in [4.69, 9.17) is 4.74 Å². The second-order valence-electron chi connectivity index (χ2n) is 8.35. The Hall–Kier alpha value is -2.92. The molecular formula is C26H31N3O2. The SMILES string of the molecule is CC(=O)N(C)c1cnc2ccc(-c3ccc(OCCCN4CCCC4)cc3)cc2c1C. The summed E-state index contributed by atoms with van der Waals surface area (Å²) in [5, 5.41) is 1.06. The fraction of sp³-hybridized carbons (Fsp3) is 0.385. The van der Waals surface area contributed by atoms with Crippen molar-refractivity contribution < 1.29 is 9.53 Å². The highest BCUT2D eigenvalue weighted by molar-refractivity contribution is 5.96. The molecule has 0 radical (unpaired) electrons. The van der Waals surface area contributed by atoms with E-state index >= 15 is 0 Å². The summed E-state index contributed by atoms with van der Waals surface area (Å²) in [4.78, 5) is 20.5. The largest absolute Gasteiger partial charge is 0.494 e. The Bertz CT molecular complexity index is 1060. The third-order valence-corrected chi connectivity index (χ3v) is 6.22. The van der Waals surface area contributed by atoms with Crippen LogP contribution in [0.3, 0.4) is 0 Å². The maximum absolute atomic E-state index is 11.8. The molecule has 0 bridgehead atoms. The summed E-state index contributed by atoms with van der Waals surface area (Å²) in [6.07, 6.45) is 5.51. The topological polar surface area (TPSA) is 45.7 Å². The fourth-order valence-electron chi connectivity index (χ4n) is 4.23. The van der Waals surface area contributed by atoms with Crippen molar-refractivity contribution in [1.82, 2.24) is 9.88 Å². The van der Waals surface area contributed by atoms with Crippen LogP contribution in [0.4, 0.5) is 5.69 Å². The van der Waals surface area contributed by atoms with Gasteiger partial charge in [-0.1, -0.05) is 18.2 Å². The first-order valence-corrected chi connectivity index (χ1v) is 11.1. The molecule has 162 valence electrons. The highest BCUT2D eigenvalue weighted by atomic mass is 16.5. The minimum Gasteiger partial charge on any atom is -0.494 e. The number of aryl methyl sites for hydroxylation is 1. The molecule has 1 amide bonds. The van der Waals surface area contributed by atoms with E-state index in [0.717, 1.165) is 58.6 Å². The van der Waals surface area contributed by atoms with Gasteiger partial charge in [0.05, 0.1) is 24.0 Å². The molecule has 0 atom stereocenters. The number of nitrogens with zero attached hydrogens (tertiary/aromatic N) is 3. The average Bonchev–Trinajstić information content (AvgIpc) is 3.30. The molecule has 5 nitrogen and oxygen atoms in total. The van der Waals surface area contributed by atoms with Crippen LogP contribution in [0, 0.1) is 6.92 Å². The Kier molecular flexibility index (Phi) is 6.52. The van der Waals surface area contributed by atoms with Crippen molar-refractivity contribution in [3.63, 3.8) is 0 Å². The lowest BCUT2D eigenvalue weighted by Crippen LogP contribution is -2.23. The number of hydrogen-bond donors (Lipinski definition) is 0. The Morgan fingerprint density at radius 1 is 1.10 bits per heavy atom. The van der Waals surface area contributed by atoms with Gasteiger partial charge in [-0.15, -0.1) is 0 Å². The smallest absolute Gasteiger partial charge is 0.223 e. The van der Waals surface area contributed by atoms with Crippen molar-refractivity contribution in [2.75, 3.05) is 38.2 Å². The van der Waals surface area contributed by atoms with Crippen LogP contribution in [0.5, 0.6) is 5.75 Å². The van der Waals surface area contributed by atoms with Crippen molar-refractivity contribution in [2.45, 2.75) is 33.1 Å². The first-order chi connectivity index (χ1) is 15.0. The molecule has 0 saturated carbocycles. The van der Waals surface area contributed by atoms with Crippen molar-refractivity contribution in [3.8, 4) is 16.9 Å². The average molecular weight is 418 g/mol. The molecule has 0 N–H and O–H groups in total. The van der Waals surface area contributed by atoms with Gasteiger partial charge in [-0.3, -0.25) is 9.78 Å². The number of benzene rings is 2. The Morgan fingerprint density at radius 2 is 1.81 bits per heavy atom. The summed E-state index contributed by atoms with van der Waals surface area (Å²) in [6.45, 7) is 7.97. The van der Waals surface area contributed by atoms with Crippen LogP contribution in [0.25, 0.3) is 22.0 Å². The fourth-order valence-corrected chi connectivity index (χ4v) is 4.23. The third-order valence-electron chi connectivity index (χ3n) is 6.22. The molecular weight excluding hydrogens is 386 g/mol. The Labute approximate surface area is 184 Å². The lowest BCUT2D eigenvalue weighted by molar-refractivity contribution is -0.116. The molecule has 1 aliphatic rings. The molecule has 1 saturated heterocycles. The number of fused-ring (bicyclic) bond motifs is 1. The van der Waals surface area contributed by atoms with Crippen molar-refractivity contribution >= 4 is 22.5 Å². The number of aromatic nitrogens is 1. The molecule has 1 fully saturated rings. The van der Waals surface area contributed by atoms with E-state index in [9.17, 15) is 4.79 Å². The third kappa shape index (κ3) is 4.88. The van der Waals surface area contributed by atoms with Gasteiger partial charge in [-0.2, -0.15) is 0 Å². The van der Waals surface area contributed by atoms with Gasteiger partial charge in [0.1, 0.15) is 5.75 Å². The minimum atomic E-state index is -0.00331. The number of rotatable bonds is 7. The highest BCUT2D eigenvalue weighted by Gasteiger charge is 2.13. The zero-order valence-corrected chi connectivity index (χ0v) is 18.7. The molecule has 2 heterocycles. The maximum Gasteiger partial charge on any atom is 0.223 e. The molecule has 0 unspecified atom stereocenters. The van der Waals surface area contributed by atoms with E-state index in [1.165, 1.54) is 25.9 Å². The van der Waals surface area contributed by atoms with Crippen molar-refractivity contribution in [3.05, 3.63) is 54.2 Å². The van der Waals surface area contributed by atoms with Gasteiger partial charge in [-0.05, 0) is 80.2 Å². The zero-order valence-electron chi connectivity index (χ0n) is 18.7. The van der Waals surface area contributed by atoms with Crippen LogP contribution in [0.15, 0.2) is 48.7 Å².